The van der Waals surface area contributed by atoms with Gasteiger partial charge in [0.2, 0.25) is 0 Å². The van der Waals surface area contributed by atoms with Crippen molar-refractivity contribution in [3.63, 3.8) is 0 Å². The second-order valence-corrected chi connectivity index (χ2v) is 13.9. The molecule has 250 valence electrons. The van der Waals surface area contributed by atoms with Crippen molar-refractivity contribution in [1.29, 1.82) is 5.26 Å². The first-order chi connectivity index (χ1) is 26.8. The summed E-state index contributed by atoms with van der Waals surface area (Å²) < 4.78 is 14.0. The number of para-hydroxylation sites is 7. The number of benzene rings is 8. The quantitative estimate of drug-likeness (QED) is 0.185. The van der Waals surface area contributed by atoms with E-state index in [2.05, 4.69) is 177 Å². The van der Waals surface area contributed by atoms with Crippen LogP contribution in [-0.4, -0.2) is 13.7 Å². The number of hydrogen-bond acceptors (Lipinski definition) is 2. The van der Waals surface area contributed by atoms with E-state index in [1.54, 1.807) is 0 Å². The molecule has 4 heterocycles. The molecule has 8 aromatic carbocycles. The summed E-state index contributed by atoms with van der Waals surface area (Å²) in [5.41, 5.74) is 10.7. The van der Waals surface area contributed by atoms with Gasteiger partial charge in [-0.15, -0.1) is 0 Å². The maximum atomic E-state index is 11.6. The van der Waals surface area contributed by atoms with Gasteiger partial charge in [0.05, 0.1) is 55.5 Å². The highest BCUT2D eigenvalue weighted by molar-refractivity contribution is 6.20. The molecular weight excluding hydrogens is 661 g/mol. The Hall–Kier alpha value is -7.55. The molecular formula is C49H28N4O. The van der Waals surface area contributed by atoms with Crippen LogP contribution >= 0.6 is 0 Å². The summed E-state index contributed by atoms with van der Waals surface area (Å²) >= 11 is 0. The average Bonchev–Trinajstić information content (AvgIpc) is 3.97. The molecule has 0 unspecified atom stereocenters. The molecule has 4 aromatic heterocycles. The van der Waals surface area contributed by atoms with Gasteiger partial charge in [-0.1, -0.05) is 127 Å². The van der Waals surface area contributed by atoms with Crippen molar-refractivity contribution in [2.24, 2.45) is 0 Å². The van der Waals surface area contributed by atoms with E-state index < -0.39 is 0 Å². The summed E-state index contributed by atoms with van der Waals surface area (Å²) in [5.74, 6) is 0. The largest absolute Gasteiger partial charge is 0.454 e. The standard InChI is InChI=1S/C49H28N4O/c50-29-37-46(51-38-22-8-1-15-30(38)31-16-2-9-23-39(31)51)48(53-42-26-12-5-19-34(42)35-20-6-13-27-43(35)53)47(45-36-21-7-14-28-44(36)54-49(37)45)52-40-24-10-3-17-32(40)33-18-4-11-25-41(33)52/h1-28H. The van der Waals surface area contributed by atoms with Crippen molar-refractivity contribution in [2.75, 3.05) is 0 Å². The van der Waals surface area contributed by atoms with E-state index in [4.69, 9.17) is 4.42 Å². The second-order valence-electron chi connectivity index (χ2n) is 13.9. The van der Waals surface area contributed by atoms with E-state index in [0.29, 0.717) is 11.1 Å². The van der Waals surface area contributed by atoms with Gasteiger partial charge in [0.25, 0.3) is 0 Å². The van der Waals surface area contributed by atoms with E-state index in [0.717, 1.165) is 98.8 Å². The van der Waals surface area contributed by atoms with Crippen LogP contribution in [0.3, 0.4) is 0 Å². The lowest BCUT2D eigenvalue weighted by atomic mass is 10.0. The van der Waals surface area contributed by atoms with Crippen LogP contribution in [0, 0.1) is 11.3 Å². The van der Waals surface area contributed by atoms with Crippen molar-refractivity contribution in [3.8, 4) is 23.1 Å². The van der Waals surface area contributed by atoms with E-state index in [1.807, 2.05) is 12.1 Å². The van der Waals surface area contributed by atoms with Crippen LogP contribution in [0.15, 0.2) is 174 Å². The Bertz CT molecular complexity index is 3420. The maximum Gasteiger partial charge on any atom is 0.157 e. The Morgan fingerprint density at radius 3 is 1.06 bits per heavy atom. The molecule has 0 aliphatic rings. The number of aromatic nitrogens is 3. The lowest BCUT2D eigenvalue weighted by molar-refractivity contribution is 0.667. The highest BCUT2D eigenvalue weighted by atomic mass is 16.3. The van der Waals surface area contributed by atoms with Crippen molar-refractivity contribution >= 4 is 87.4 Å². The van der Waals surface area contributed by atoms with Gasteiger partial charge in [-0.3, -0.25) is 0 Å². The molecule has 5 nitrogen and oxygen atoms in total. The number of rotatable bonds is 3. The molecule has 0 N–H and O–H groups in total. The average molecular weight is 689 g/mol. The van der Waals surface area contributed by atoms with Crippen molar-refractivity contribution in [2.45, 2.75) is 0 Å². The molecule has 0 aliphatic heterocycles. The molecule has 0 amide bonds. The minimum atomic E-state index is 0.481. The number of nitrogens with zero attached hydrogens (tertiary/aromatic N) is 4. The fourth-order valence-electron chi connectivity index (χ4n) is 9.15. The van der Waals surface area contributed by atoms with Gasteiger partial charge < -0.3 is 18.1 Å². The molecule has 12 rings (SSSR count). The highest BCUT2D eigenvalue weighted by Crippen LogP contribution is 2.49. The van der Waals surface area contributed by atoms with Gasteiger partial charge in [-0.25, -0.2) is 0 Å². The van der Waals surface area contributed by atoms with Crippen LogP contribution in [0.25, 0.3) is 104 Å². The third kappa shape index (κ3) is 3.66. The SMILES string of the molecule is N#Cc1c(-n2c3ccccc3c3ccccc32)c(-n2c3ccccc3c3ccccc32)c(-n2c3ccccc3c3ccccc32)c2c1oc1ccccc12. The van der Waals surface area contributed by atoms with Crippen molar-refractivity contribution in [1.82, 2.24) is 13.7 Å². The molecule has 0 radical (unpaired) electrons. The predicted molar refractivity (Wildman–Crippen MR) is 221 cm³/mol. The minimum Gasteiger partial charge on any atom is -0.454 e. The molecule has 12 aromatic rings. The van der Waals surface area contributed by atoms with Crippen LogP contribution < -0.4 is 0 Å². The third-order valence-corrected chi connectivity index (χ3v) is 11.3. The normalized spacial score (nSPS) is 12.1. The number of nitriles is 1. The first-order valence-electron chi connectivity index (χ1n) is 18.2. The Morgan fingerprint density at radius 2 is 0.667 bits per heavy atom. The van der Waals surface area contributed by atoms with Crippen LogP contribution in [0.1, 0.15) is 5.56 Å². The fraction of sp³-hybridized carbons (Fsp3) is 0. The zero-order chi connectivity index (χ0) is 35.5. The van der Waals surface area contributed by atoms with Crippen LogP contribution in [0.5, 0.6) is 0 Å². The topological polar surface area (TPSA) is 51.7 Å². The molecule has 0 atom stereocenters. The third-order valence-electron chi connectivity index (χ3n) is 11.3. The smallest absolute Gasteiger partial charge is 0.157 e. The maximum absolute atomic E-state index is 11.6. The zero-order valence-corrected chi connectivity index (χ0v) is 28.9. The lowest BCUT2D eigenvalue weighted by Crippen LogP contribution is -2.12. The summed E-state index contributed by atoms with van der Waals surface area (Å²) in [6.45, 7) is 0. The predicted octanol–water partition coefficient (Wildman–Crippen LogP) is 12.7. The van der Waals surface area contributed by atoms with Gasteiger partial charge in [-0.05, 0) is 42.5 Å². The summed E-state index contributed by atoms with van der Waals surface area (Å²) in [6.07, 6.45) is 0. The molecule has 0 spiro atoms. The summed E-state index contributed by atoms with van der Waals surface area (Å²) in [5, 5.41) is 20.3. The monoisotopic (exact) mass is 688 g/mol. The molecule has 0 bridgehead atoms. The molecule has 0 aliphatic carbocycles. The van der Waals surface area contributed by atoms with Crippen LogP contribution in [0.4, 0.5) is 0 Å². The highest BCUT2D eigenvalue weighted by Gasteiger charge is 2.32. The molecule has 54 heavy (non-hydrogen) atoms. The van der Waals surface area contributed by atoms with Crippen LogP contribution in [0.2, 0.25) is 0 Å². The van der Waals surface area contributed by atoms with E-state index >= 15 is 0 Å². The first kappa shape index (κ1) is 29.1. The van der Waals surface area contributed by atoms with Gasteiger partial charge in [0, 0.05) is 37.7 Å². The van der Waals surface area contributed by atoms with E-state index in [9.17, 15) is 5.26 Å². The Kier molecular flexibility index (Phi) is 5.78. The summed E-state index contributed by atoms with van der Waals surface area (Å²) in [6, 6.07) is 62.4. The van der Waals surface area contributed by atoms with Gasteiger partial charge in [-0.2, -0.15) is 5.26 Å². The van der Waals surface area contributed by atoms with E-state index in [-0.39, 0.29) is 0 Å². The summed E-state index contributed by atoms with van der Waals surface area (Å²) in [4.78, 5) is 0. The Balaban J connectivity index is 1.46. The minimum absolute atomic E-state index is 0.481. The number of fused-ring (bicyclic) bond motifs is 12. The van der Waals surface area contributed by atoms with Crippen molar-refractivity contribution in [3.05, 3.63) is 175 Å². The fourth-order valence-corrected chi connectivity index (χ4v) is 9.15. The first-order valence-corrected chi connectivity index (χ1v) is 18.2. The molecule has 0 fully saturated rings. The molecule has 0 saturated carbocycles. The Labute approximate surface area is 308 Å². The van der Waals surface area contributed by atoms with E-state index in [1.165, 1.54) is 0 Å². The molecule has 0 saturated heterocycles. The lowest BCUT2D eigenvalue weighted by Gasteiger charge is -2.24. The summed E-state index contributed by atoms with van der Waals surface area (Å²) in [7, 11) is 0. The second kappa shape index (κ2) is 10.7. The number of hydrogen-bond donors (Lipinski definition) is 0. The number of furan rings is 1. The Morgan fingerprint density at radius 1 is 0.352 bits per heavy atom. The van der Waals surface area contributed by atoms with Gasteiger partial charge in [0.15, 0.2) is 5.58 Å². The van der Waals surface area contributed by atoms with Gasteiger partial charge >= 0.3 is 0 Å². The van der Waals surface area contributed by atoms with Gasteiger partial charge in [0.1, 0.15) is 17.2 Å². The van der Waals surface area contributed by atoms with Crippen LogP contribution in [-0.2, 0) is 0 Å². The van der Waals surface area contributed by atoms with Crippen molar-refractivity contribution < 1.29 is 4.42 Å². The molecule has 5 heteroatoms. The zero-order valence-electron chi connectivity index (χ0n) is 28.9.